The Hall–Kier alpha value is -3.74. The van der Waals surface area contributed by atoms with Crippen LogP contribution in [0.15, 0.2) is 54.9 Å². The second-order valence-corrected chi connectivity index (χ2v) is 9.10. The summed E-state index contributed by atoms with van der Waals surface area (Å²) in [6, 6.07) is 15.6. The highest BCUT2D eigenvalue weighted by atomic mass is 16.1. The average molecular weight is 457 g/mol. The third-order valence-electron chi connectivity index (χ3n) is 6.35. The third-order valence-corrected chi connectivity index (χ3v) is 6.35. The van der Waals surface area contributed by atoms with Crippen molar-refractivity contribution in [3.63, 3.8) is 0 Å². The van der Waals surface area contributed by atoms with Crippen molar-refractivity contribution in [1.29, 1.82) is 5.41 Å². The molecule has 1 aliphatic rings. The van der Waals surface area contributed by atoms with Crippen molar-refractivity contribution in [2.45, 2.75) is 58.0 Å². The summed E-state index contributed by atoms with van der Waals surface area (Å²) in [5, 5.41) is 15.2. The minimum Gasteiger partial charge on any atom is -0.383 e. The molecule has 1 amide bonds. The van der Waals surface area contributed by atoms with Crippen LogP contribution in [0.1, 0.15) is 78.1 Å². The van der Waals surface area contributed by atoms with E-state index in [-0.39, 0.29) is 17.5 Å². The predicted octanol–water partition coefficient (Wildman–Crippen LogP) is 4.88. The fourth-order valence-electron chi connectivity index (χ4n) is 4.44. The molecule has 1 fully saturated rings. The Balaban J connectivity index is 1.45. The fourth-order valence-corrected chi connectivity index (χ4v) is 4.44. The van der Waals surface area contributed by atoms with Crippen LogP contribution in [0.3, 0.4) is 0 Å². The molecule has 34 heavy (non-hydrogen) atoms. The van der Waals surface area contributed by atoms with Crippen molar-refractivity contribution in [1.82, 2.24) is 15.3 Å². The Kier molecular flexibility index (Phi) is 7.21. The van der Waals surface area contributed by atoms with Crippen LogP contribution in [0.25, 0.3) is 0 Å². The summed E-state index contributed by atoms with van der Waals surface area (Å²) in [6.07, 6.45) is 6.03. The number of hydrogen-bond acceptors (Lipinski definition) is 6. The molecule has 4 rings (SSSR count). The second-order valence-electron chi connectivity index (χ2n) is 9.10. The van der Waals surface area contributed by atoms with Crippen molar-refractivity contribution in [2.24, 2.45) is 0 Å². The molecule has 5 N–H and O–H groups in total. The molecule has 0 unspecified atom stereocenters. The first-order valence-electron chi connectivity index (χ1n) is 11.9. The van der Waals surface area contributed by atoms with Gasteiger partial charge in [-0.3, -0.25) is 10.2 Å². The van der Waals surface area contributed by atoms with Gasteiger partial charge in [-0.1, -0.05) is 69.2 Å². The van der Waals surface area contributed by atoms with Crippen molar-refractivity contribution in [3.8, 4) is 0 Å². The van der Waals surface area contributed by atoms with Gasteiger partial charge < -0.3 is 16.4 Å². The van der Waals surface area contributed by atoms with E-state index in [1.807, 2.05) is 48.5 Å². The van der Waals surface area contributed by atoms with Crippen molar-refractivity contribution in [2.75, 3.05) is 11.1 Å². The van der Waals surface area contributed by atoms with Gasteiger partial charge in [0.1, 0.15) is 18.0 Å². The quantitative estimate of drug-likeness (QED) is 0.360. The van der Waals surface area contributed by atoms with Crippen LogP contribution in [-0.4, -0.2) is 27.6 Å². The second kappa shape index (κ2) is 10.5. The first kappa shape index (κ1) is 23.4. The number of hydrogen-bond donors (Lipinski definition) is 4. The van der Waals surface area contributed by atoms with E-state index in [2.05, 4.69) is 34.4 Å². The number of nitrogen functional groups attached to an aromatic ring is 1. The molecule has 1 aromatic heterocycles. The maximum atomic E-state index is 12.7. The zero-order valence-corrected chi connectivity index (χ0v) is 19.8. The van der Waals surface area contributed by atoms with Gasteiger partial charge >= 0.3 is 0 Å². The topological polar surface area (TPSA) is 117 Å². The number of anilines is 2. The Morgan fingerprint density at radius 1 is 1.09 bits per heavy atom. The van der Waals surface area contributed by atoms with E-state index >= 15 is 0 Å². The summed E-state index contributed by atoms with van der Waals surface area (Å²) in [7, 11) is 0. The van der Waals surface area contributed by atoms with Gasteiger partial charge in [-0.2, -0.15) is 0 Å². The molecule has 1 aliphatic carbocycles. The summed E-state index contributed by atoms with van der Waals surface area (Å²) in [5.41, 5.74) is 10.4. The molecule has 1 heterocycles. The van der Waals surface area contributed by atoms with Gasteiger partial charge in [-0.05, 0) is 36.0 Å². The molecule has 7 heteroatoms. The van der Waals surface area contributed by atoms with Crippen LogP contribution >= 0.6 is 0 Å². The molecule has 0 aliphatic heterocycles. The van der Waals surface area contributed by atoms with Crippen LogP contribution in [-0.2, 0) is 6.54 Å². The lowest BCUT2D eigenvalue weighted by Crippen LogP contribution is -2.24. The SMILES string of the molecule is CC(C)c1ccccc1C(=O)NCc1ccc(C(=N)c2c(N)ncnc2NC2CCCC2)cc1. The third kappa shape index (κ3) is 5.25. The van der Waals surface area contributed by atoms with Gasteiger partial charge in [0.25, 0.3) is 5.91 Å². The number of aromatic nitrogens is 2. The Labute approximate surface area is 200 Å². The van der Waals surface area contributed by atoms with Gasteiger partial charge in [0.2, 0.25) is 0 Å². The normalized spacial score (nSPS) is 13.7. The summed E-state index contributed by atoms with van der Waals surface area (Å²) in [5.74, 6) is 1.10. The molecular weight excluding hydrogens is 424 g/mol. The molecule has 176 valence electrons. The highest BCUT2D eigenvalue weighted by Crippen LogP contribution is 2.27. The highest BCUT2D eigenvalue weighted by molar-refractivity contribution is 6.16. The predicted molar refractivity (Wildman–Crippen MR) is 136 cm³/mol. The summed E-state index contributed by atoms with van der Waals surface area (Å²) in [4.78, 5) is 21.2. The fraction of sp³-hybridized carbons (Fsp3) is 0.333. The van der Waals surface area contributed by atoms with E-state index in [1.165, 1.54) is 19.2 Å². The molecule has 0 radical (unpaired) electrons. The first-order valence-corrected chi connectivity index (χ1v) is 11.9. The Morgan fingerprint density at radius 3 is 2.50 bits per heavy atom. The number of carbonyl (C=O) groups excluding carboxylic acids is 1. The molecule has 0 spiro atoms. The monoisotopic (exact) mass is 456 g/mol. The Bertz CT molecular complexity index is 1170. The van der Waals surface area contributed by atoms with Crippen molar-refractivity contribution in [3.05, 3.63) is 82.7 Å². The number of amides is 1. The van der Waals surface area contributed by atoms with E-state index in [1.54, 1.807) is 0 Å². The van der Waals surface area contributed by atoms with Crippen LogP contribution < -0.4 is 16.4 Å². The van der Waals surface area contributed by atoms with E-state index < -0.39 is 0 Å². The molecule has 1 saturated carbocycles. The molecule has 7 nitrogen and oxygen atoms in total. The van der Waals surface area contributed by atoms with Crippen LogP contribution in [0, 0.1) is 5.41 Å². The van der Waals surface area contributed by atoms with Gasteiger partial charge in [-0.25, -0.2) is 9.97 Å². The first-order chi connectivity index (χ1) is 16.4. The molecular formula is C27H32N6O. The summed E-state index contributed by atoms with van der Waals surface area (Å²) >= 11 is 0. The zero-order chi connectivity index (χ0) is 24.1. The molecule has 0 atom stereocenters. The minimum absolute atomic E-state index is 0.0852. The number of carbonyl (C=O) groups is 1. The maximum absolute atomic E-state index is 12.7. The molecule has 0 bridgehead atoms. The Morgan fingerprint density at radius 2 is 1.79 bits per heavy atom. The van der Waals surface area contributed by atoms with Gasteiger partial charge in [0.05, 0.1) is 11.3 Å². The minimum atomic E-state index is -0.0852. The summed E-state index contributed by atoms with van der Waals surface area (Å²) in [6.45, 7) is 4.57. The number of benzene rings is 2. The standard InChI is InChI=1S/C27H32N6O/c1-17(2)21-9-5-6-10-22(21)27(34)30-15-18-11-13-19(14-12-18)24(28)23-25(29)31-16-32-26(23)33-20-7-3-4-8-20/h5-6,9-14,16-17,20,28H,3-4,7-8,15H2,1-2H3,(H,30,34)(H3,29,31,32,33). The van der Waals surface area contributed by atoms with Crippen LogP contribution in [0.2, 0.25) is 0 Å². The van der Waals surface area contributed by atoms with Gasteiger partial charge in [0.15, 0.2) is 0 Å². The van der Waals surface area contributed by atoms with Crippen molar-refractivity contribution < 1.29 is 4.79 Å². The van der Waals surface area contributed by atoms with Crippen LogP contribution in [0.4, 0.5) is 11.6 Å². The zero-order valence-electron chi connectivity index (χ0n) is 19.8. The summed E-state index contributed by atoms with van der Waals surface area (Å²) < 4.78 is 0. The number of nitrogens with one attached hydrogen (secondary N) is 3. The van der Waals surface area contributed by atoms with E-state index in [0.717, 1.165) is 29.5 Å². The van der Waals surface area contributed by atoms with E-state index in [0.29, 0.717) is 35.3 Å². The number of nitrogens with two attached hydrogens (primary N) is 1. The lowest BCUT2D eigenvalue weighted by Gasteiger charge is -2.17. The number of rotatable bonds is 8. The van der Waals surface area contributed by atoms with E-state index in [9.17, 15) is 4.79 Å². The highest BCUT2D eigenvalue weighted by Gasteiger charge is 2.21. The maximum Gasteiger partial charge on any atom is 0.251 e. The smallest absolute Gasteiger partial charge is 0.251 e. The van der Waals surface area contributed by atoms with Crippen LogP contribution in [0.5, 0.6) is 0 Å². The average Bonchev–Trinajstić information content (AvgIpc) is 3.36. The molecule has 3 aromatic rings. The largest absolute Gasteiger partial charge is 0.383 e. The lowest BCUT2D eigenvalue weighted by atomic mass is 9.97. The lowest BCUT2D eigenvalue weighted by molar-refractivity contribution is 0.0949. The van der Waals surface area contributed by atoms with Gasteiger partial charge in [0, 0.05) is 23.7 Å². The van der Waals surface area contributed by atoms with Crippen molar-refractivity contribution >= 4 is 23.3 Å². The molecule has 0 saturated heterocycles. The number of nitrogens with zero attached hydrogens (tertiary/aromatic N) is 2. The van der Waals surface area contributed by atoms with E-state index in [4.69, 9.17) is 11.1 Å². The van der Waals surface area contributed by atoms with Gasteiger partial charge in [-0.15, -0.1) is 0 Å². The molecule has 2 aromatic carbocycles.